The molecule has 178 valence electrons. The van der Waals surface area contributed by atoms with Crippen LogP contribution in [0.5, 0.6) is 0 Å². The van der Waals surface area contributed by atoms with E-state index in [0.717, 1.165) is 15.6 Å². The number of aromatic nitrogens is 2. The molecule has 0 fully saturated rings. The molecule has 0 saturated carbocycles. The Labute approximate surface area is 207 Å². The number of fused-ring (bicyclic) bond motifs is 3. The number of carbonyl (C=O) groups excluding carboxylic acids is 1. The van der Waals surface area contributed by atoms with E-state index in [1.54, 1.807) is 4.57 Å². The third kappa shape index (κ3) is 5.87. The summed E-state index contributed by atoms with van der Waals surface area (Å²) in [5.41, 5.74) is 2.89. The summed E-state index contributed by atoms with van der Waals surface area (Å²) in [7, 11) is 0. The van der Waals surface area contributed by atoms with Crippen molar-refractivity contribution in [3.63, 3.8) is 0 Å². The van der Waals surface area contributed by atoms with Crippen molar-refractivity contribution in [1.82, 2.24) is 14.9 Å². The van der Waals surface area contributed by atoms with Crippen LogP contribution in [0.2, 0.25) is 0 Å². The van der Waals surface area contributed by atoms with Gasteiger partial charge in [0.25, 0.3) is 5.56 Å². The number of ether oxygens (including phenoxy) is 1. The van der Waals surface area contributed by atoms with Crippen molar-refractivity contribution < 1.29 is 9.53 Å². The molecule has 0 unspecified atom stereocenters. The van der Waals surface area contributed by atoms with E-state index in [2.05, 4.69) is 5.32 Å². The maximum absolute atomic E-state index is 13.4. The molecule has 1 N–H and O–H groups in total. The first-order valence-electron chi connectivity index (χ1n) is 11.4. The van der Waals surface area contributed by atoms with Gasteiger partial charge in [0.1, 0.15) is 4.70 Å². The molecule has 0 atom stereocenters. The Morgan fingerprint density at radius 3 is 2.71 bits per heavy atom. The number of carbonyl (C=O) groups is 1. The summed E-state index contributed by atoms with van der Waals surface area (Å²) in [6.45, 7) is 7.56. The molecule has 0 aliphatic heterocycles. The minimum Gasteiger partial charge on any atom is -0.379 e. The van der Waals surface area contributed by atoms with E-state index in [-0.39, 0.29) is 23.3 Å². The predicted octanol–water partition coefficient (Wildman–Crippen LogP) is 5.14. The van der Waals surface area contributed by atoms with E-state index in [9.17, 15) is 9.59 Å². The van der Waals surface area contributed by atoms with Gasteiger partial charge in [0, 0.05) is 29.8 Å². The molecule has 0 radical (unpaired) electrons. The third-order valence-corrected chi connectivity index (χ3v) is 7.49. The zero-order valence-corrected chi connectivity index (χ0v) is 21.3. The lowest BCUT2D eigenvalue weighted by atomic mass is 10.1. The lowest BCUT2D eigenvalue weighted by Gasteiger charge is -2.13. The molecule has 0 aliphatic carbocycles. The zero-order valence-electron chi connectivity index (χ0n) is 19.7. The Balaban J connectivity index is 1.53. The van der Waals surface area contributed by atoms with Crippen LogP contribution in [0.15, 0.2) is 58.5 Å². The molecule has 0 spiro atoms. The SMILES string of the molecule is Cc1ccc(CNC(=O)CSc2nc3c(sc4ccccc43)c(=O)n2CCCOC(C)C)cc1. The van der Waals surface area contributed by atoms with Crippen molar-refractivity contribution in [3.05, 3.63) is 70.0 Å². The second kappa shape index (κ2) is 11.2. The van der Waals surface area contributed by atoms with E-state index in [1.807, 2.05) is 69.3 Å². The molecule has 2 heterocycles. The van der Waals surface area contributed by atoms with Gasteiger partial charge in [-0.05, 0) is 38.8 Å². The molecule has 0 bridgehead atoms. The number of aryl methyl sites for hydroxylation is 1. The quantitative estimate of drug-likeness (QED) is 0.187. The second-order valence-electron chi connectivity index (χ2n) is 8.45. The molecule has 4 aromatic rings. The number of hydrogen-bond donors (Lipinski definition) is 1. The van der Waals surface area contributed by atoms with Gasteiger partial charge in [-0.1, -0.05) is 59.8 Å². The summed E-state index contributed by atoms with van der Waals surface area (Å²) in [6.07, 6.45) is 0.842. The van der Waals surface area contributed by atoms with Crippen molar-refractivity contribution >= 4 is 49.3 Å². The summed E-state index contributed by atoms with van der Waals surface area (Å²) in [4.78, 5) is 30.8. The van der Waals surface area contributed by atoms with Crippen molar-refractivity contribution in [1.29, 1.82) is 0 Å². The number of rotatable bonds is 10. The smallest absolute Gasteiger partial charge is 0.272 e. The average Bonchev–Trinajstić information content (AvgIpc) is 3.20. The molecule has 1 amide bonds. The summed E-state index contributed by atoms with van der Waals surface area (Å²) < 4.78 is 9.04. The highest BCUT2D eigenvalue weighted by Crippen LogP contribution is 2.31. The van der Waals surface area contributed by atoms with Crippen LogP contribution in [0.25, 0.3) is 20.3 Å². The average molecular weight is 496 g/mol. The van der Waals surface area contributed by atoms with Crippen LogP contribution in [0.3, 0.4) is 0 Å². The Kier molecular flexibility index (Phi) is 8.03. The molecular weight excluding hydrogens is 466 g/mol. The standard InChI is InChI=1S/C26H29N3O3S2/c1-17(2)32-14-6-13-29-25(31)24-23(20-7-4-5-8-21(20)34-24)28-26(29)33-16-22(30)27-15-19-11-9-18(3)10-12-19/h4-5,7-12,17H,6,13-16H2,1-3H3,(H,27,30). The second-order valence-corrected chi connectivity index (χ2v) is 10.4. The number of nitrogens with zero attached hydrogens (tertiary/aromatic N) is 2. The van der Waals surface area contributed by atoms with E-state index >= 15 is 0 Å². The minimum atomic E-state index is -0.0928. The van der Waals surface area contributed by atoms with Crippen molar-refractivity contribution in [3.8, 4) is 0 Å². The van der Waals surface area contributed by atoms with Gasteiger partial charge >= 0.3 is 0 Å². The van der Waals surface area contributed by atoms with Gasteiger partial charge in [0.2, 0.25) is 5.91 Å². The Hall–Kier alpha value is -2.68. The van der Waals surface area contributed by atoms with Crippen LogP contribution < -0.4 is 10.9 Å². The van der Waals surface area contributed by atoms with Crippen LogP contribution >= 0.6 is 23.1 Å². The minimum absolute atomic E-state index is 0.0571. The van der Waals surface area contributed by atoms with Crippen LogP contribution in [-0.4, -0.2) is 33.9 Å². The Morgan fingerprint density at radius 1 is 1.18 bits per heavy atom. The van der Waals surface area contributed by atoms with Crippen LogP contribution in [0.4, 0.5) is 0 Å². The van der Waals surface area contributed by atoms with Crippen LogP contribution in [0, 0.1) is 6.92 Å². The van der Waals surface area contributed by atoms with Crippen molar-refractivity contribution in [2.24, 2.45) is 0 Å². The molecule has 2 aromatic heterocycles. The topological polar surface area (TPSA) is 73.2 Å². The first-order valence-corrected chi connectivity index (χ1v) is 13.2. The van der Waals surface area contributed by atoms with Crippen molar-refractivity contribution in [2.45, 2.75) is 51.5 Å². The van der Waals surface area contributed by atoms with E-state index in [1.165, 1.54) is 28.7 Å². The van der Waals surface area contributed by atoms with Gasteiger partial charge in [0.05, 0.1) is 17.4 Å². The summed E-state index contributed by atoms with van der Waals surface area (Å²) in [5.74, 6) is 0.0961. The fraction of sp³-hybridized carbons (Fsp3) is 0.346. The first-order chi connectivity index (χ1) is 16.4. The van der Waals surface area contributed by atoms with Gasteiger partial charge < -0.3 is 10.1 Å². The number of nitrogens with one attached hydrogen (secondary N) is 1. The van der Waals surface area contributed by atoms with Gasteiger partial charge in [-0.2, -0.15) is 0 Å². The largest absolute Gasteiger partial charge is 0.379 e. The fourth-order valence-corrected chi connectivity index (χ4v) is 5.53. The maximum Gasteiger partial charge on any atom is 0.272 e. The highest BCUT2D eigenvalue weighted by atomic mass is 32.2. The molecule has 0 saturated heterocycles. The highest BCUT2D eigenvalue weighted by molar-refractivity contribution is 7.99. The van der Waals surface area contributed by atoms with Gasteiger partial charge in [-0.15, -0.1) is 11.3 Å². The molecule has 2 aromatic carbocycles. The first kappa shape index (κ1) is 24.4. The summed E-state index contributed by atoms with van der Waals surface area (Å²) >= 11 is 2.77. The number of benzene rings is 2. The predicted molar refractivity (Wildman–Crippen MR) is 141 cm³/mol. The third-order valence-electron chi connectivity index (χ3n) is 5.37. The monoisotopic (exact) mass is 495 g/mol. The maximum atomic E-state index is 13.4. The van der Waals surface area contributed by atoms with E-state index < -0.39 is 0 Å². The van der Waals surface area contributed by atoms with Crippen LogP contribution in [0.1, 0.15) is 31.4 Å². The molecule has 6 nitrogen and oxygen atoms in total. The highest BCUT2D eigenvalue weighted by Gasteiger charge is 2.17. The zero-order chi connectivity index (χ0) is 24.1. The van der Waals surface area contributed by atoms with Gasteiger partial charge in [0.15, 0.2) is 5.16 Å². The van der Waals surface area contributed by atoms with Gasteiger partial charge in [-0.25, -0.2) is 4.98 Å². The number of thioether (sulfide) groups is 1. The molecule has 8 heteroatoms. The molecular formula is C26H29N3O3S2. The lowest BCUT2D eigenvalue weighted by molar-refractivity contribution is -0.118. The normalized spacial score (nSPS) is 11.5. The van der Waals surface area contributed by atoms with E-state index in [0.29, 0.717) is 41.5 Å². The number of thiophene rings is 1. The lowest BCUT2D eigenvalue weighted by Crippen LogP contribution is -2.27. The number of amides is 1. The molecule has 34 heavy (non-hydrogen) atoms. The van der Waals surface area contributed by atoms with Crippen LogP contribution in [-0.2, 0) is 22.6 Å². The summed E-state index contributed by atoms with van der Waals surface area (Å²) in [6, 6.07) is 16.0. The molecule has 4 rings (SSSR count). The Morgan fingerprint density at radius 2 is 1.94 bits per heavy atom. The van der Waals surface area contributed by atoms with Gasteiger partial charge in [-0.3, -0.25) is 14.2 Å². The number of hydrogen-bond acceptors (Lipinski definition) is 6. The summed E-state index contributed by atoms with van der Waals surface area (Å²) in [5, 5.41) is 4.49. The molecule has 0 aliphatic rings. The van der Waals surface area contributed by atoms with E-state index in [4.69, 9.17) is 9.72 Å². The Bertz CT molecular complexity index is 1340. The van der Waals surface area contributed by atoms with Crippen molar-refractivity contribution in [2.75, 3.05) is 12.4 Å². The fourth-order valence-electron chi connectivity index (χ4n) is 3.59.